The molecule has 2 aromatic carbocycles. The third kappa shape index (κ3) is 4.17. The zero-order valence-electron chi connectivity index (χ0n) is 12.5. The van der Waals surface area contributed by atoms with Crippen molar-refractivity contribution in [3.05, 3.63) is 52.3 Å². The van der Waals surface area contributed by atoms with Crippen LogP contribution in [0.25, 0.3) is 0 Å². The highest BCUT2D eigenvalue weighted by molar-refractivity contribution is 7.93. The van der Waals surface area contributed by atoms with E-state index in [0.717, 1.165) is 24.3 Å². The molecule has 0 aliphatic rings. The van der Waals surface area contributed by atoms with E-state index in [9.17, 15) is 21.6 Å². The third-order valence-electron chi connectivity index (χ3n) is 2.93. The number of anilines is 1. The molecule has 0 heterocycles. The number of alkyl halides is 2. The summed E-state index contributed by atoms with van der Waals surface area (Å²) in [5.74, 6) is -4.73. The van der Waals surface area contributed by atoms with Crippen molar-refractivity contribution in [2.45, 2.75) is 5.76 Å². The summed E-state index contributed by atoms with van der Waals surface area (Å²) in [5.41, 5.74) is -0.967. The molecule has 134 valence electrons. The first-order chi connectivity index (χ1) is 12.2. The van der Waals surface area contributed by atoms with E-state index in [0.29, 0.717) is 0 Å². The molecule has 11 heteroatoms. The number of nitrogens with one attached hydrogen (secondary N) is 1. The van der Waals surface area contributed by atoms with Gasteiger partial charge in [0.2, 0.25) is 0 Å². The highest BCUT2D eigenvalue weighted by Gasteiger charge is 2.26. The fourth-order valence-corrected chi connectivity index (χ4v) is 2.65. The minimum Gasteiger partial charge on any atom is -0.456 e. The largest absolute Gasteiger partial charge is 0.456 e. The molecule has 0 spiro atoms. The second-order valence-electron chi connectivity index (χ2n) is 4.71. The number of rotatable bonds is 5. The first-order valence-electron chi connectivity index (χ1n) is 6.59. The van der Waals surface area contributed by atoms with Gasteiger partial charge in [0.05, 0.1) is 22.9 Å². The Bertz CT molecular complexity index is 1050. The molecule has 0 bridgehead atoms. The van der Waals surface area contributed by atoms with Crippen molar-refractivity contribution >= 4 is 27.3 Å². The minimum atomic E-state index is -5.01. The van der Waals surface area contributed by atoms with Crippen LogP contribution in [0.4, 0.5) is 18.9 Å². The van der Waals surface area contributed by atoms with Gasteiger partial charge in [-0.1, -0.05) is 11.6 Å². The zero-order chi connectivity index (χ0) is 19.5. The van der Waals surface area contributed by atoms with Crippen LogP contribution in [0.2, 0.25) is 5.02 Å². The molecule has 0 aliphatic carbocycles. The van der Waals surface area contributed by atoms with E-state index in [-0.39, 0.29) is 22.1 Å². The van der Waals surface area contributed by atoms with E-state index in [1.54, 1.807) is 16.9 Å². The number of nitrogens with zero attached hydrogens (tertiary/aromatic N) is 2. The molecule has 0 amide bonds. The van der Waals surface area contributed by atoms with Crippen LogP contribution in [0.15, 0.2) is 30.3 Å². The van der Waals surface area contributed by atoms with E-state index in [4.69, 9.17) is 26.9 Å². The average Bonchev–Trinajstić information content (AvgIpc) is 2.56. The van der Waals surface area contributed by atoms with E-state index >= 15 is 0 Å². The summed E-state index contributed by atoms with van der Waals surface area (Å²) >= 11 is 5.96. The Morgan fingerprint density at radius 1 is 1.15 bits per heavy atom. The van der Waals surface area contributed by atoms with Crippen molar-refractivity contribution in [2.75, 3.05) is 4.72 Å². The molecule has 2 aromatic rings. The Morgan fingerprint density at radius 3 is 2.42 bits per heavy atom. The van der Waals surface area contributed by atoms with Gasteiger partial charge in [0.15, 0.2) is 0 Å². The van der Waals surface area contributed by atoms with Gasteiger partial charge in [0.25, 0.3) is 10.0 Å². The summed E-state index contributed by atoms with van der Waals surface area (Å²) in [5, 5.41) is 17.6. The Balaban J connectivity index is 2.43. The molecular weight excluding hydrogens is 395 g/mol. The molecule has 0 saturated carbocycles. The molecule has 0 aliphatic heterocycles. The quantitative estimate of drug-likeness (QED) is 0.816. The van der Waals surface area contributed by atoms with Gasteiger partial charge in [-0.25, -0.2) is 12.8 Å². The van der Waals surface area contributed by atoms with Gasteiger partial charge in [-0.15, -0.1) is 0 Å². The van der Waals surface area contributed by atoms with Crippen LogP contribution >= 0.6 is 11.6 Å². The lowest BCUT2D eigenvalue weighted by Crippen LogP contribution is -2.21. The van der Waals surface area contributed by atoms with Crippen molar-refractivity contribution < 1.29 is 26.3 Å². The SMILES string of the molecule is N#Cc1cc(F)cc(Oc2ccc(NS(=O)(=O)C(F)F)c(C#N)c2Cl)c1. The predicted molar refractivity (Wildman–Crippen MR) is 85.9 cm³/mol. The maximum Gasteiger partial charge on any atom is 0.355 e. The standard InChI is InChI=1S/C15H7ClF3N3O3S/c16-14-11(7-21)12(22-26(23,24)15(18)19)1-2-13(14)25-10-4-8(6-20)3-9(17)5-10/h1-5,15,22H. The van der Waals surface area contributed by atoms with Gasteiger partial charge in [-0.3, -0.25) is 4.72 Å². The van der Waals surface area contributed by atoms with Crippen LogP contribution < -0.4 is 9.46 Å². The Kier molecular flexibility index (Phi) is 5.60. The van der Waals surface area contributed by atoms with Crippen LogP contribution in [0.5, 0.6) is 11.5 Å². The Labute approximate surface area is 151 Å². The first-order valence-corrected chi connectivity index (χ1v) is 8.51. The smallest absolute Gasteiger partial charge is 0.355 e. The monoisotopic (exact) mass is 401 g/mol. The van der Waals surface area contributed by atoms with Crippen LogP contribution in [-0.2, 0) is 10.0 Å². The molecule has 0 fully saturated rings. The Morgan fingerprint density at radius 2 is 1.85 bits per heavy atom. The van der Waals surface area contributed by atoms with Crippen molar-refractivity contribution in [2.24, 2.45) is 0 Å². The lowest BCUT2D eigenvalue weighted by molar-refractivity contribution is 0.236. The summed E-state index contributed by atoms with van der Waals surface area (Å²) in [6.07, 6.45) is 0. The number of nitriles is 2. The number of ether oxygens (including phenoxy) is 1. The highest BCUT2D eigenvalue weighted by atomic mass is 35.5. The van der Waals surface area contributed by atoms with Crippen LogP contribution in [0.1, 0.15) is 11.1 Å². The predicted octanol–water partition coefficient (Wildman–Crippen LogP) is 3.98. The van der Waals surface area contributed by atoms with E-state index in [1.807, 2.05) is 0 Å². The fraction of sp³-hybridized carbons (Fsp3) is 0.0667. The molecular formula is C15H7ClF3N3O3S. The summed E-state index contributed by atoms with van der Waals surface area (Å²) in [6.45, 7) is 0. The normalized spacial score (nSPS) is 10.9. The zero-order valence-corrected chi connectivity index (χ0v) is 14.1. The lowest BCUT2D eigenvalue weighted by atomic mass is 10.2. The van der Waals surface area contributed by atoms with E-state index < -0.39 is 32.8 Å². The molecule has 2 rings (SSSR count). The summed E-state index contributed by atoms with van der Waals surface area (Å²) in [4.78, 5) is 0. The summed E-state index contributed by atoms with van der Waals surface area (Å²) in [6, 6.07) is 8.52. The highest BCUT2D eigenvalue weighted by Crippen LogP contribution is 2.36. The molecule has 0 aromatic heterocycles. The number of hydrogen-bond donors (Lipinski definition) is 1. The maximum atomic E-state index is 13.4. The number of sulfonamides is 1. The van der Waals surface area contributed by atoms with Gasteiger partial charge in [-0.2, -0.15) is 19.3 Å². The fourth-order valence-electron chi connectivity index (χ4n) is 1.84. The van der Waals surface area contributed by atoms with E-state index in [1.165, 1.54) is 6.07 Å². The van der Waals surface area contributed by atoms with Gasteiger partial charge in [0, 0.05) is 6.07 Å². The van der Waals surface area contributed by atoms with Crippen LogP contribution in [0, 0.1) is 28.5 Å². The van der Waals surface area contributed by atoms with Gasteiger partial charge >= 0.3 is 5.76 Å². The molecule has 6 nitrogen and oxygen atoms in total. The molecule has 0 unspecified atom stereocenters. The molecule has 0 saturated heterocycles. The molecule has 0 atom stereocenters. The second kappa shape index (κ2) is 7.52. The lowest BCUT2D eigenvalue weighted by Gasteiger charge is -2.13. The average molecular weight is 402 g/mol. The first kappa shape index (κ1) is 19.4. The molecule has 0 radical (unpaired) electrons. The summed E-state index contributed by atoms with van der Waals surface area (Å²) < 4.78 is 67.7. The topological polar surface area (TPSA) is 103 Å². The van der Waals surface area contributed by atoms with Crippen molar-refractivity contribution in [3.8, 4) is 23.6 Å². The van der Waals surface area contributed by atoms with Crippen LogP contribution in [-0.4, -0.2) is 14.2 Å². The number of halogens is 4. The van der Waals surface area contributed by atoms with Crippen molar-refractivity contribution in [1.29, 1.82) is 10.5 Å². The van der Waals surface area contributed by atoms with Gasteiger partial charge in [0.1, 0.15) is 28.4 Å². The Hall–Kier alpha value is -2.95. The molecule has 26 heavy (non-hydrogen) atoms. The molecule has 1 N–H and O–H groups in total. The maximum absolute atomic E-state index is 13.4. The van der Waals surface area contributed by atoms with Crippen molar-refractivity contribution in [1.82, 2.24) is 0 Å². The van der Waals surface area contributed by atoms with E-state index in [2.05, 4.69) is 0 Å². The van der Waals surface area contributed by atoms with Crippen LogP contribution in [0.3, 0.4) is 0 Å². The second-order valence-corrected chi connectivity index (χ2v) is 6.74. The van der Waals surface area contributed by atoms with Crippen molar-refractivity contribution in [3.63, 3.8) is 0 Å². The van der Waals surface area contributed by atoms with Gasteiger partial charge in [-0.05, 0) is 24.3 Å². The number of benzene rings is 2. The summed E-state index contributed by atoms with van der Waals surface area (Å²) in [7, 11) is -5.01. The minimum absolute atomic E-state index is 0.0297. The number of hydrogen-bond acceptors (Lipinski definition) is 5. The van der Waals surface area contributed by atoms with Gasteiger partial charge < -0.3 is 4.74 Å². The third-order valence-corrected chi connectivity index (χ3v) is 4.28.